The number of nitrogens with one attached hydrogen (secondary N) is 2. The largest absolute Gasteiger partial charge is 0.436 e. The second kappa shape index (κ2) is 8.56. The quantitative estimate of drug-likeness (QED) is 0.253. The van der Waals surface area contributed by atoms with Crippen molar-refractivity contribution < 1.29 is 14.1 Å². The van der Waals surface area contributed by atoms with Crippen LogP contribution in [0.5, 0.6) is 0 Å². The minimum absolute atomic E-state index is 0.00512. The van der Waals surface area contributed by atoms with Crippen LogP contribution in [0.4, 0.5) is 11.4 Å². The second-order valence-corrected chi connectivity index (χ2v) is 7.67. The fourth-order valence-corrected chi connectivity index (χ4v) is 3.60. The summed E-state index contributed by atoms with van der Waals surface area (Å²) < 4.78 is 5.88. The number of amides is 1. The zero-order valence-corrected chi connectivity index (χ0v) is 18.0. The SMILES string of the molecule is Cc1cc(C)cc(-c2nc3cc(NC(=S)NC(=O)c4ccccc4[N+](=O)[O-])ccc3o2)c1. The number of thiocarbonyl (C=S) groups is 1. The topological polar surface area (TPSA) is 110 Å². The van der Waals surface area contributed by atoms with Gasteiger partial charge in [0, 0.05) is 17.3 Å². The summed E-state index contributed by atoms with van der Waals surface area (Å²) in [7, 11) is 0. The van der Waals surface area contributed by atoms with E-state index >= 15 is 0 Å². The number of aryl methyl sites for hydroxylation is 2. The number of rotatable bonds is 4. The van der Waals surface area contributed by atoms with Gasteiger partial charge in [0.1, 0.15) is 11.1 Å². The molecule has 0 aliphatic carbocycles. The van der Waals surface area contributed by atoms with Gasteiger partial charge in [-0.1, -0.05) is 29.3 Å². The lowest BCUT2D eigenvalue weighted by Gasteiger charge is -2.09. The van der Waals surface area contributed by atoms with Gasteiger partial charge in [0.15, 0.2) is 10.7 Å². The maximum atomic E-state index is 12.4. The number of carbonyl (C=O) groups excluding carboxylic acids is 1. The van der Waals surface area contributed by atoms with Crippen LogP contribution in [0, 0.1) is 24.0 Å². The van der Waals surface area contributed by atoms with Crippen molar-refractivity contribution >= 4 is 45.7 Å². The van der Waals surface area contributed by atoms with E-state index in [1.165, 1.54) is 18.2 Å². The van der Waals surface area contributed by atoms with Crippen molar-refractivity contribution in [2.45, 2.75) is 13.8 Å². The molecule has 0 aliphatic heterocycles. The molecule has 4 aromatic rings. The van der Waals surface area contributed by atoms with Gasteiger partial charge in [-0.2, -0.15) is 0 Å². The summed E-state index contributed by atoms with van der Waals surface area (Å²) in [6.45, 7) is 4.03. The average Bonchev–Trinajstić information content (AvgIpc) is 3.16. The van der Waals surface area contributed by atoms with Crippen molar-refractivity contribution in [3.8, 4) is 11.5 Å². The smallest absolute Gasteiger partial charge is 0.282 e. The molecule has 0 atom stereocenters. The summed E-state index contributed by atoms with van der Waals surface area (Å²) in [5.74, 6) is -0.161. The van der Waals surface area contributed by atoms with Gasteiger partial charge in [-0.3, -0.25) is 20.2 Å². The minimum Gasteiger partial charge on any atom is -0.436 e. The minimum atomic E-state index is -0.672. The Labute approximate surface area is 188 Å². The number of aromatic nitrogens is 1. The molecule has 0 spiro atoms. The summed E-state index contributed by atoms with van der Waals surface area (Å²) in [6.07, 6.45) is 0. The van der Waals surface area contributed by atoms with Crippen molar-refractivity contribution in [3.05, 3.63) is 87.5 Å². The fraction of sp³-hybridized carbons (Fsp3) is 0.0870. The molecule has 2 N–H and O–H groups in total. The van der Waals surface area contributed by atoms with Crippen LogP contribution < -0.4 is 10.6 Å². The first-order valence-corrected chi connectivity index (χ1v) is 10.1. The van der Waals surface area contributed by atoms with Crippen LogP contribution in [0.3, 0.4) is 0 Å². The molecule has 160 valence electrons. The molecule has 3 aromatic carbocycles. The Balaban J connectivity index is 1.51. The summed E-state index contributed by atoms with van der Waals surface area (Å²) >= 11 is 5.20. The first-order chi connectivity index (χ1) is 15.3. The molecule has 1 amide bonds. The molecule has 0 radical (unpaired) electrons. The number of oxazole rings is 1. The number of nitro benzene ring substituents is 1. The Bertz CT molecular complexity index is 1360. The van der Waals surface area contributed by atoms with E-state index in [0.717, 1.165) is 16.7 Å². The van der Waals surface area contributed by atoms with Crippen LogP contribution in [0.2, 0.25) is 0 Å². The van der Waals surface area contributed by atoms with Crippen molar-refractivity contribution in [3.63, 3.8) is 0 Å². The lowest BCUT2D eigenvalue weighted by atomic mass is 10.1. The molecule has 8 nitrogen and oxygen atoms in total. The van der Waals surface area contributed by atoms with Crippen molar-refractivity contribution in [2.24, 2.45) is 0 Å². The van der Waals surface area contributed by atoms with Gasteiger partial charge in [-0.25, -0.2) is 4.98 Å². The van der Waals surface area contributed by atoms with E-state index in [0.29, 0.717) is 22.7 Å². The lowest BCUT2D eigenvalue weighted by Crippen LogP contribution is -2.34. The Morgan fingerprint density at radius 2 is 1.78 bits per heavy atom. The Morgan fingerprint density at radius 3 is 2.50 bits per heavy atom. The maximum Gasteiger partial charge on any atom is 0.282 e. The normalized spacial score (nSPS) is 10.7. The molecular weight excluding hydrogens is 428 g/mol. The Morgan fingerprint density at radius 1 is 1.06 bits per heavy atom. The Kier molecular flexibility index (Phi) is 5.65. The van der Waals surface area contributed by atoms with Gasteiger partial charge in [0.25, 0.3) is 11.6 Å². The van der Waals surface area contributed by atoms with Crippen LogP contribution in [-0.2, 0) is 0 Å². The number of nitrogens with zero attached hydrogens (tertiary/aromatic N) is 2. The first-order valence-electron chi connectivity index (χ1n) is 9.65. The Hall–Kier alpha value is -4.11. The lowest BCUT2D eigenvalue weighted by molar-refractivity contribution is -0.385. The van der Waals surface area contributed by atoms with E-state index in [9.17, 15) is 14.9 Å². The van der Waals surface area contributed by atoms with Crippen LogP contribution in [0.15, 0.2) is 65.1 Å². The number of benzene rings is 3. The molecule has 1 heterocycles. The number of para-hydroxylation sites is 1. The number of anilines is 1. The number of hydrogen-bond donors (Lipinski definition) is 2. The zero-order chi connectivity index (χ0) is 22.8. The van der Waals surface area contributed by atoms with Gasteiger partial charge in [-0.15, -0.1) is 0 Å². The highest BCUT2D eigenvalue weighted by atomic mass is 32.1. The van der Waals surface area contributed by atoms with Crippen LogP contribution in [-0.4, -0.2) is 20.9 Å². The highest BCUT2D eigenvalue weighted by Gasteiger charge is 2.20. The highest BCUT2D eigenvalue weighted by molar-refractivity contribution is 7.80. The van der Waals surface area contributed by atoms with Crippen LogP contribution in [0.25, 0.3) is 22.6 Å². The van der Waals surface area contributed by atoms with E-state index in [4.69, 9.17) is 16.6 Å². The first kappa shape index (κ1) is 21.1. The number of hydrogen-bond acceptors (Lipinski definition) is 6. The third-order valence-corrected chi connectivity index (χ3v) is 4.89. The van der Waals surface area contributed by atoms with Gasteiger partial charge in [-0.05, 0) is 62.5 Å². The molecule has 0 bridgehead atoms. The zero-order valence-electron chi connectivity index (χ0n) is 17.2. The van der Waals surface area contributed by atoms with Crippen LogP contribution >= 0.6 is 12.2 Å². The average molecular weight is 446 g/mol. The third-order valence-electron chi connectivity index (χ3n) is 4.69. The second-order valence-electron chi connectivity index (χ2n) is 7.26. The van der Waals surface area contributed by atoms with Crippen LogP contribution in [0.1, 0.15) is 21.5 Å². The molecule has 0 saturated heterocycles. The molecule has 0 saturated carbocycles. The highest BCUT2D eigenvalue weighted by Crippen LogP contribution is 2.27. The van der Waals surface area contributed by atoms with E-state index < -0.39 is 10.8 Å². The summed E-state index contributed by atoms with van der Waals surface area (Å²) in [5.41, 5.74) is 4.57. The van der Waals surface area contributed by atoms with Gasteiger partial charge in [0.05, 0.1) is 4.92 Å². The standard InChI is InChI=1S/C23H18N4O4S/c1-13-9-14(2)11-15(10-13)22-25-18-12-16(7-8-20(18)31-22)24-23(32)26-21(28)17-5-3-4-6-19(17)27(29)30/h3-12H,1-2H3,(H2,24,26,28,32). The van der Waals surface area contributed by atoms with Gasteiger partial charge < -0.3 is 9.73 Å². The predicted molar refractivity (Wildman–Crippen MR) is 126 cm³/mol. The maximum absolute atomic E-state index is 12.4. The molecule has 0 unspecified atom stereocenters. The van der Waals surface area contributed by atoms with E-state index in [1.54, 1.807) is 24.3 Å². The van der Waals surface area contributed by atoms with Crippen molar-refractivity contribution in [2.75, 3.05) is 5.32 Å². The molecule has 9 heteroatoms. The molecule has 32 heavy (non-hydrogen) atoms. The molecule has 1 aromatic heterocycles. The van der Waals surface area contributed by atoms with E-state index in [1.807, 2.05) is 26.0 Å². The fourth-order valence-electron chi connectivity index (χ4n) is 3.38. The van der Waals surface area contributed by atoms with Crippen molar-refractivity contribution in [1.82, 2.24) is 10.3 Å². The van der Waals surface area contributed by atoms with E-state index in [-0.39, 0.29) is 16.4 Å². The number of nitro groups is 1. The number of fused-ring (bicyclic) bond motifs is 1. The monoisotopic (exact) mass is 446 g/mol. The molecule has 0 fully saturated rings. The summed E-state index contributed by atoms with van der Waals surface area (Å²) in [5, 5.41) is 16.5. The molecule has 0 aliphatic rings. The number of carbonyl (C=O) groups is 1. The molecular formula is C23H18N4O4S. The molecule has 4 rings (SSSR count). The van der Waals surface area contributed by atoms with Crippen molar-refractivity contribution in [1.29, 1.82) is 0 Å². The van der Waals surface area contributed by atoms with E-state index in [2.05, 4.69) is 21.7 Å². The summed E-state index contributed by atoms with van der Waals surface area (Å²) in [4.78, 5) is 27.5. The predicted octanol–water partition coefficient (Wildman–Crippen LogP) is 5.15. The van der Waals surface area contributed by atoms with Gasteiger partial charge >= 0.3 is 0 Å². The third kappa shape index (κ3) is 4.47. The van der Waals surface area contributed by atoms with Gasteiger partial charge in [0.2, 0.25) is 5.89 Å². The summed E-state index contributed by atoms with van der Waals surface area (Å²) in [6, 6.07) is 17.0.